The van der Waals surface area contributed by atoms with Crippen LogP contribution in [-0.2, 0) is 10.0 Å². The first-order valence-electron chi connectivity index (χ1n) is 6.70. The average molecular weight is 277 g/mol. The molecule has 0 bridgehead atoms. The number of rotatable bonds is 5. The van der Waals surface area contributed by atoms with E-state index in [2.05, 4.69) is 25.7 Å². The Kier molecular flexibility index (Phi) is 5.58. The summed E-state index contributed by atoms with van der Waals surface area (Å²) in [6.07, 6.45) is 1.44. The van der Waals surface area contributed by atoms with Crippen LogP contribution in [0.4, 0.5) is 0 Å². The van der Waals surface area contributed by atoms with Gasteiger partial charge in [-0.25, -0.2) is 8.42 Å². The zero-order valence-electron chi connectivity index (χ0n) is 11.9. The molecule has 1 rings (SSSR count). The molecule has 6 heteroatoms. The van der Waals surface area contributed by atoms with Crippen molar-refractivity contribution in [1.29, 1.82) is 0 Å². The van der Waals surface area contributed by atoms with Gasteiger partial charge in [0.2, 0.25) is 10.0 Å². The Hall–Kier alpha value is -0.170. The Bertz CT molecular complexity index is 341. The van der Waals surface area contributed by atoms with E-state index in [0.717, 1.165) is 19.5 Å². The van der Waals surface area contributed by atoms with Crippen molar-refractivity contribution in [3.05, 3.63) is 0 Å². The van der Waals surface area contributed by atoms with Gasteiger partial charge >= 0.3 is 0 Å². The van der Waals surface area contributed by atoms with Gasteiger partial charge in [-0.05, 0) is 40.2 Å². The van der Waals surface area contributed by atoms with Gasteiger partial charge in [-0.1, -0.05) is 0 Å². The molecule has 0 aromatic rings. The molecule has 0 amide bonds. The summed E-state index contributed by atoms with van der Waals surface area (Å²) in [6.45, 7) is 9.92. The predicted octanol–water partition coefficient (Wildman–Crippen LogP) is 0.471. The first-order valence-corrected chi connectivity index (χ1v) is 8.31. The van der Waals surface area contributed by atoms with Crippen molar-refractivity contribution in [3.8, 4) is 0 Å². The topological polar surface area (TPSA) is 66.6 Å². The van der Waals surface area contributed by atoms with Crippen LogP contribution < -0.4 is 5.73 Å². The first kappa shape index (κ1) is 15.9. The van der Waals surface area contributed by atoms with Gasteiger partial charge in [-0.2, -0.15) is 4.31 Å². The highest BCUT2D eigenvalue weighted by molar-refractivity contribution is 7.89. The molecule has 1 saturated heterocycles. The summed E-state index contributed by atoms with van der Waals surface area (Å²) in [5.41, 5.74) is 5.51. The molecule has 1 aliphatic heterocycles. The van der Waals surface area contributed by atoms with Crippen LogP contribution in [0.2, 0.25) is 0 Å². The third kappa shape index (κ3) is 4.50. The van der Waals surface area contributed by atoms with Crippen molar-refractivity contribution in [2.45, 2.75) is 39.2 Å². The fourth-order valence-corrected chi connectivity index (χ4v) is 3.74. The third-order valence-electron chi connectivity index (χ3n) is 3.44. The molecular weight excluding hydrogens is 250 g/mol. The molecule has 1 fully saturated rings. The highest BCUT2D eigenvalue weighted by Gasteiger charge is 2.30. The van der Waals surface area contributed by atoms with Crippen LogP contribution >= 0.6 is 0 Å². The molecule has 2 N–H and O–H groups in total. The molecule has 1 aliphatic rings. The van der Waals surface area contributed by atoms with E-state index < -0.39 is 10.0 Å². The Labute approximate surface area is 111 Å². The van der Waals surface area contributed by atoms with Gasteiger partial charge in [0.1, 0.15) is 0 Å². The lowest BCUT2D eigenvalue weighted by Gasteiger charge is -2.41. The summed E-state index contributed by atoms with van der Waals surface area (Å²) in [6, 6.07) is 0. The summed E-state index contributed by atoms with van der Waals surface area (Å²) in [5.74, 6) is 0.236. The van der Waals surface area contributed by atoms with Crippen LogP contribution in [0.5, 0.6) is 0 Å². The SMILES string of the molecule is CC(C)(C)N1CCN(S(=O)(=O)CCCCN)CC1. The molecule has 18 heavy (non-hydrogen) atoms. The van der Waals surface area contributed by atoms with E-state index >= 15 is 0 Å². The standard InChI is InChI=1S/C12H27N3O2S/c1-12(2,3)14-7-9-15(10-8-14)18(16,17)11-5-4-6-13/h4-11,13H2,1-3H3. The Morgan fingerprint density at radius 3 is 2.06 bits per heavy atom. The normalized spacial score (nSPS) is 20.2. The first-order chi connectivity index (χ1) is 8.27. The molecular formula is C12H27N3O2S. The van der Waals surface area contributed by atoms with Crippen molar-refractivity contribution in [2.24, 2.45) is 5.73 Å². The number of nitrogens with zero attached hydrogens (tertiary/aromatic N) is 2. The van der Waals surface area contributed by atoms with Crippen molar-refractivity contribution in [1.82, 2.24) is 9.21 Å². The highest BCUT2D eigenvalue weighted by atomic mass is 32.2. The van der Waals surface area contributed by atoms with Crippen LogP contribution in [0, 0.1) is 0 Å². The second-order valence-electron chi connectivity index (χ2n) is 5.87. The van der Waals surface area contributed by atoms with E-state index in [1.807, 2.05) is 0 Å². The number of unbranched alkanes of at least 4 members (excludes halogenated alkanes) is 1. The molecule has 0 atom stereocenters. The molecule has 0 aliphatic carbocycles. The van der Waals surface area contributed by atoms with Crippen LogP contribution in [0.25, 0.3) is 0 Å². The summed E-state index contributed by atoms with van der Waals surface area (Å²) in [4.78, 5) is 2.33. The molecule has 108 valence electrons. The second kappa shape index (κ2) is 6.32. The minimum absolute atomic E-state index is 0.120. The smallest absolute Gasteiger partial charge is 0.214 e. The minimum Gasteiger partial charge on any atom is -0.330 e. The molecule has 5 nitrogen and oxygen atoms in total. The minimum atomic E-state index is -3.07. The molecule has 0 unspecified atom stereocenters. The molecule has 0 saturated carbocycles. The number of nitrogens with two attached hydrogens (primary N) is 1. The molecule has 0 aromatic heterocycles. The van der Waals surface area contributed by atoms with Gasteiger partial charge in [0.05, 0.1) is 5.75 Å². The van der Waals surface area contributed by atoms with Crippen molar-refractivity contribution in [2.75, 3.05) is 38.5 Å². The molecule has 0 spiro atoms. The van der Waals surface area contributed by atoms with Crippen molar-refractivity contribution < 1.29 is 8.42 Å². The fourth-order valence-electron chi connectivity index (χ4n) is 2.19. The maximum Gasteiger partial charge on any atom is 0.214 e. The van der Waals surface area contributed by atoms with E-state index in [9.17, 15) is 8.42 Å². The molecule has 1 heterocycles. The fraction of sp³-hybridized carbons (Fsp3) is 1.00. The number of piperazine rings is 1. The molecule has 0 radical (unpaired) electrons. The lowest BCUT2D eigenvalue weighted by Crippen LogP contribution is -2.54. The average Bonchev–Trinajstić information content (AvgIpc) is 2.28. The summed E-state index contributed by atoms with van der Waals surface area (Å²) in [7, 11) is -3.07. The van der Waals surface area contributed by atoms with E-state index in [1.165, 1.54) is 0 Å². The van der Waals surface area contributed by atoms with Crippen LogP contribution in [0.3, 0.4) is 0 Å². The van der Waals surface area contributed by atoms with Crippen molar-refractivity contribution >= 4 is 10.0 Å². The quantitative estimate of drug-likeness (QED) is 0.742. The Morgan fingerprint density at radius 1 is 1.06 bits per heavy atom. The maximum absolute atomic E-state index is 12.1. The number of sulfonamides is 1. The van der Waals surface area contributed by atoms with E-state index in [1.54, 1.807) is 4.31 Å². The van der Waals surface area contributed by atoms with Gasteiger partial charge in [-0.15, -0.1) is 0 Å². The summed E-state index contributed by atoms with van der Waals surface area (Å²) in [5, 5.41) is 0. The van der Waals surface area contributed by atoms with E-state index in [0.29, 0.717) is 26.1 Å². The van der Waals surface area contributed by atoms with Crippen LogP contribution in [0.1, 0.15) is 33.6 Å². The second-order valence-corrected chi connectivity index (χ2v) is 7.96. The van der Waals surface area contributed by atoms with Gasteiger partial charge in [0.15, 0.2) is 0 Å². The maximum atomic E-state index is 12.1. The third-order valence-corrected chi connectivity index (χ3v) is 5.39. The van der Waals surface area contributed by atoms with Gasteiger partial charge in [0.25, 0.3) is 0 Å². The van der Waals surface area contributed by atoms with Crippen LogP contribution in [-0.4, -0.2) is 61.6 Å². The Balaban J connectivity index is 2.47. The van der Waals surface area contributed by atoms with Gasteiger partial charge < -0.3 is 5.73 Å². The zero-order valence-corrected chi connectivity index (χ0v) is 12.7. The van der Waals surface area contributed by atoms with Crippen molar-refractivity contribution in [3.63, 3.8) is 0 Å². The summed E-state index contributed by atoms with van der Waals surface area (Å²) >= 11 is 0. The monoisotopic (exact) mass is 277 g/mol. The largest absolute Gasteiger partial charge is 0.330 e. The number of hydrogen-bond acceptors (Lipinski definition) is 4. The zero-order chi connectivity index (χ0) is 13.8. The molecule has 0 aromatic carbocycles. The summed E-state index contributed by atoms with van der Waals surface area (Å²) < 4.78 is 25.8. The number of hydrogen-bond donors (Lipinski definition) is 1. The van der Waals surface area contributed by atoms with E-state index in [-0.39, 0.29) is 11.3 Å². The van der Waals surface area contributed by atoms with E-state index in [4.69, 9.17) is 5.73 Å². The van der Waals surface area contributed by atoms with Crippen LogP contribution in [0.15, 0.2) is 0 Å². The predicted molar refractivity (Wildman–Crippen MR) is 75.0 cm³/mol. The lowest BCUT2D eigenvalue weighted by atomic mass is 10.1. The highest BCUT2D eigenvalue weighted by Crippen LogP contribution is 2.17. The lowest BCUT2D eigenvalue weighted by molar-refractivity contribution is 0.0922. The van der Waals surface area contributed by atoms with Gasteiger partial charge in [0, 0.05) is 31.7 Å². The van der Waals surface area contributed by atoms with Gasteiger partial charge in [-0.3, -0.25) is 4.90 Å². The Morgan fingerprint density at radius 2 is 1.61 bits per heavy atom.